The van der Waals surface area contributed by atoms with E-state index < -0.39 is 29.3 Å². The Hall–Kier alpha value is -2.65. The molecule has 0 N–H and O–H groups in total. The Labute approximate surface area is 135 Å². The van der Waals surface area contributed by atoms with Gasteiger partial charge in [-0.1, -0.05) is 0 Å². The molecular weight excluding hydrogens is 355 g/mol. The molecule has 0 unspecified atom stereocenters. The van der Waals surface area contributed by atoms with E-state index in [-0.39, 0.29) is 22.6 Å². The molecule has 0 amide bonds. The largest absolute Gasteiger partial charge is 0.417 e. The van der Waals surface area contributed by atoms with Gasteiger partial charge in [-0.15, -0.1) is 0 Å². The second-order valence-electron chi connectivity index (χ2n) is 5.25. The van der Waals surface area contributed by atoms with Crippen molar-refractivity contribution in [3.63, 3.8) is 0 Å². The number of aromatic nitrogens is 3. The van der Waals surface area contributed by atoms with Gasteiger partial charge in [-0.2, -0.15) is 26.3 Å². The van der Waals surface area contributed by atoms with Gasteiger partial charge in [0.05, 0.1) is 16.7 Å². The summed E-state index contributed by atoms with van der Waals surface area (Å²) in [6, 6.07) is 2.60. The van der Waals surface area contributed by atoms with E-state index in [9.17, 15) is 30.7 Å². The molecule has 0 saturated carbocycles. The van der Waals surface area contributed by atoms with E-state index in [0.717, 1.165) is 12.1 Å². The monoisotopic (exact) mass is 363 g/mol. The molecule has 0 saturated heterocycles. The number of nitrogens with zero attached hydrogens (tertiary/aromatic N) is 3. The van der Waals surface area contributed by atoms with Crippen molar-refractivity contribution in [1.29, 1.82) is 0 Å². The van der Waals surface area contributed by atoms with Gasteiger partial charge in [0.2, 0.25) is 0 Å². The van der Waals surface area contributed by atoms with Crippen LogP contribution in [0.3, 0.4) is 0 Å². The van der Waals surface area contributed by atoms with Crippen LogP contribution in [0, 0.1) is 5.82 Å². The van der Waals surface area contributed by atoms with Crippen molar-refractivity contribution in [2.75, 3.05) is 0 Å². The predicted molar refractivity (Wildman–Crippen MR) is 73.9 cm³/mol. The topological polar surface area (TPSA) is 30.7 Å². The van der Waals surface area contributed by atoms with E-state index in [2.05, 4.69) is 9.97 Å². The fourth-order valence-corrected chi connectivity index (χ4v) is 2.34. The standard InChI is InChI=1S/C15H8F7N3/c1-25-12(9-3-2-7(4-10(9)16)14(17,18)19)24-11-5-8(15(20,21)22)6-23-13(11)25/h2-6H,1H3. The number of pyridine rings is 1. The lowest BCUT2D eigenvalue weighted by Gasteiger charge is -2.09. The van der Waals surface area contributed by atoms with Crippen molar-refractivity contribution in [2.24, 2.45) is 7.05 Å². The number of halogens is 7. The summed E-state index contributed by atoms with van der Waals surface area (Å²) in [7, 11) is 1.38. The van der Waals surface area contributed by atoms with Gasteiger partial charge >= 0.3 is 12.4 Å². The predicted octanol–water partition coefficient (Wildman–Crippen LogP) is 4.81. The van der Waals surface area contributed by atoms with Crippen LogP contribution in [-0.2, 0) is 19.4 Å². The number of hydrogen-bond donors (Lipinski definition) is 0. The highest BCUT2D eigenvalue weighted by Gasteiger charge is 2.33. The molecule has 0 aliphatic rings. The zero-order chi connectivity index (χ0) is 18.6. The third kappa shape index (κ3) is 3.03. The average molecular weight is 363 g/mol. The molecule has 2 aromatic heterocycles. The summed E-state index contributed by atoms with van der Waals surface area (Å²) in [5, 5.41) is 0. The number of rotatable bonds is 1. The summed E-state index contributed by atoms with van der Waals surface area (Å²) < 4.78 is 91.3. The highest BCUT2D eigenvalue weighted by molar-refractivity contribution is 5.77. The molecule has 3 aromatic rings. The molecule has 0 spiro atoms. The Bertz CT molecular complexity index is 954. The van der Waals surface area contributed by atoms with Crippen LogP contribution in [0.5, 0.6) is 0 Å². The number of alkyl halides is 6. The van der Waals surface area contributed by atoms with E-state index in [0.29, 0.717) is 18.3 Å². The molecule has 132 valence electrons. The minimum Gasteiger partial charge on any atom is -0.312 e. The Morgan fingerprint density at radius 1 is 0.920 bits per heavy atom. The quantitative estimate of drug-likeness (QED) is 0.581. The SMILES string of the molecule is Cn1c(-c2ccc(C(F)(F)F)cc2F)nc2cc(C(F)(F)F)cnc21. The third-order valence-electron chi connectivity index (χ3n) is 3.57. The highest BCUT2D eigenvalue weighted by Crippen LogP contribution is 2.34. The first-order valence-electron chi connectivity index (χ1n) is 6.75. The maximum absolute atomic E-state index is 14.1. The molecule has 2 heterocycles. The lowest BCUT2D eigenvalue weighted by atomic mass is 10.1. The molecule has 0 aliphatic carbocycles. The first-order valence-corrected chi connectivity index (χ1v) is 6.75. The summed E-state index contributed by atoms with van der Waals surface area (Å²) in [4.78, 5) is 7.55. The maximum Gasteiger partial charge on any atom is 0.417 e. The first kappa shape index (κ1) is 17.2. The molecule has 25 heavy (non-hydrogen) atoms. The molecule has 10 heteroatoms. The van der Waals surface area contributed by atoms with E-state index in [4.69, 9.17) is 0 Å². The van der Waals surface area contributed by atoms with Crippen molar-refractivity contribution >= 4 is 11.2 Å². The lowest BCUT2D eigenvalue weighted by molar-refractivity contribution is -0.138. The van der Waals surface area contributed by atoms with Gasteiger partial charge in [0.1, 0.15) is 17.2 Å². The molecule has 0 bridgehead atoms. The van der Waals surface area contributed by atoms with Crippen LogP contribution in [0.4, 0.5) is 30.7 Å². The van der Waals surface area contributed by atoms with Crippen molar-refractivity contribution in [3.8, 4) is 11.4 Å². The average Bonchev–Trinajstić information content (AvgIpc) is 2.82. The van der Waals surface area contributed by atoms with E-state index in [1.54, 1.807) is 0 Å². The molecule has 3 nitrogen and oxygen atoms in total. The smallest absolute Gasteiger partial charge is 0.312 e. The Kier molecular flexibility index (Phi) is 3.73. The summed E-state index contributed by atoms with van der Waals surface area (Å²) in [5.41, 5.74) is -2.58. The summed E-state index contributed by atoms with van der Waals surface area (Å²) in [6.45, 7) is 0. The van der Waals surface area contributed by atoms with Gasteiger partial charge in [-0.25, -0.2) is 14.4 Å². The van der Waals surface area contributed by atoms with E-state index >= 15 is 0 Å². The van der Waals surface area contributed by atoms with E-state index in [1.165, 1.54) is 11.6 Å². The van der Waals surface area contributed by atoms with Crippen molar-refractivity contribution < 1.29 is 30.7 Å². The first-order chi connectivity index (χ1) is 11.5. The molecule has 3 rings (SSSR count). The number of fused-ring (bicyclic) bond motifs is 1. The molecule has 0 radical (unpaired) electrons. The normalized spacial score (nSPS) is 12.8. The second kappa shape index (κ2) is 5.43. The molecule has 0 atom stereocenters. The minimum atomic E-state index is -4.71. The zero-order valence-corrected chi connectivity index (χ0v) is 12.4. The fraction of sp³-hybridized carbons (Fsp3) is 0.200. The van der Waals surface area contributed by atoms with E-state index in [1.807, 2.05) is 0 Å². The molecule has 0 fully saturated rings. The maximum atomic E-state index is 14.1. The van der Waals surface area contributed by atoms with Crippen molar-refractivity contribution in [3.05, 3.63) is 47.4 Å². The zero-order valence-electron chi connectivity index (χ0n) is 12.4. The van der Waals surface area contributed by atoms with Crippen LogP contribution in [0.2, 0.25) is 0 Å². The van der Waals surface area contributed by atoms with Crippen LogP contribution < -0.4 is 0 Å². The third-order valence-corrected chi connectivity index (χ3v) is 3.57. The van der Waals surface area contributed by atoms with Gasteiger partial charge in [-0.3, -0.25) is 0 Å². The molecule has 0 aliphatic heterocycles. The second-order valence-corrected chi connectivity index (χ2v) is 5.25. The van der Waals surface area contributed by atoms with Gasteiger partial charge < -0.3 is 4.57 Å². The van der Waals surface area contributed by atoms with Crippen molar-refractivity contribution in [1.82, 2.24) is 14.5 Å². The lowest BCUT2D eigenvalue weighted by Crippen LogP contribution is -2.06. The number of benzene rings is 1. The van der Waals surface area contributed by atoms with Crippen LogP contribution in [0.25, 0.3) is 22.6 Å². The van der Waals surface area contributed by atoms with Gasteiger partial charge in [-0.05, 0) is 24.3 Å². The van der Waals surface area contributed by atoms with Crippen LogP contribution >= 0.6 is 0 Å². The number of aryl methyl sites for hydroxylation is 1. The Balaban J connectivity index is 2.15. The number of imidazole rings is 1. The summed E-state index contributed by atoms with van der Waals surface area (Å²) in [5.74, 6) is -1.32. The number of hydrogen-bond acceptors (Lipinski definition) is 2. The summed E-state index contributed by atoms with van der Waals surface area (Å²) >= 11 is 0. The van der Waals surface area contributed by atoms with Gasteiger partial charge in [0.15, 0.2) is 5.65 Å². The Morgan fingerprint density at radius 2 is 1.56 bits per heavy atom. The fourth-order valence-electron chi connectivity index (χ4n) is 2.34. The van der Waals surface area contributed by atoms with Crippen LogP contribution in [0.1, 0.15) is 11.1 Å². The highest BCUT2D eigenvalue weighted by atomic mass is 19.4. The van der Waals surface area contributed by atoms with Crippen LogP contribution in [0.15, 0.2) is 30.5 Å². The molecule has 1 aromatic carbocycles. The minimum absolute atomic E-state index is 0.0438. The van der Waals surface area contributed by atoms with Gasteiger partial charge in [0, 0.05) is 13.2 Å². The molecular formula is C15H8F7N3. The summed E-state index contributed by atoms with van der Waals surface area (Å²) in [6.07, 6.45) is -8.73. The van der Waals surface area contributed by atoms with Gasteiger partial charge in [0.25, 0.3) is 0 Å². The van der Waals surface area contributed by atoms with Crippen LogP contribution in [-0.4, -0.2) is 14.5 Å². The Morgan fingerprint density at radius 3 is 2.12 bits per heavy atom. The van der Waals surface area contributed by atoms with Crippen molar-refractivity contribution in [2.45, 2.75) is 12.4 Å².